The number of aliphatic hydroxyl groups is 1. The van der Waals surface area contributed by atoms with E-state index >= 15 is 0 Å². The molecule has 0 fully saturated rings. The SMILES string of the molecule is CC(C)C(NC(O)C(NC(=O)OCc1ccccc1)C(C)C)C(=O)NC1Cc2nccn2CCNC(=O)C1=O. The molecule has 12 heteroatoms. The molecule has 39 heavy (non-hydrogen) atoms. The summed E-state index contributed by atoms with van der Waals surface area (Å²) in [4.78, 5) is 55.2. The first-order valence-corrected chi connectivity index (χ1v) is 13.1. The summed E-state index contributed by atoms with van der Waals surface area (Å²) in [5.41, 5.74) is 0.819. The highest BCUT2D eigenvalue weighted by Gasteiger charge is 2.35. The van der Waals surface area contributed by atoms with Crippen molar-refractivity contribution in [3.8, 4) is 0 Å². The first-order chi connectivity index (χ1) is 18.6. The lowest BCUT2D eigenvalue weighted by Gasteiger charge is -2.32. The van der Waals surface area contributed by atoms with Gasteiger partial charge in [0.1, 0.15) is 24.7 Å². The van der Waals surface area contributed by atoms with Crippen molar-refractivity contribution in [1.29, 1.82) is 0 Å². The average Bonchev–Trinajstić information content (AvgIpc) is 3.35. The van der Waals surface area contributed by atoms with Gasteiger partial charge in [-0.15, -0.1) is 0 Å². The third-order valence-electron chi connectivity index (χ3n) is 6.54. The summed E-state index contributed by atoms with van der Waals surface area (Å²) in [5.74, 6) is -2.08. The molecule has 0 bridgehead atoms. The Kier molecular flexibility index (Phi) is 10.6. The number of amides is 3. The van der Waals surface area contributed by atoms with Crippen LogP contribution in [0.5, 0.6) is 0 Å². The Morgan fingerprint density at radius 1 is 1.15 bits per heavy atom. The number of hydrogen-bond donors (Lipinski definition) is 5. The van der Waals surface area contributed by atoms with Gasteiger partial charge in [0, 0.05) is 31.9 Å². The number of hydrogen-bond acceptors (Lipinski definition) is 8. The molecule has 0 aliphatic carbocycles. The summed E-state index contributed by atoms with van der Waals surface area (Å²) in [6, 6.07) is 6.33. The molecular formula is C27H38N6O6. The first kappa shape index (κ1) is 29.8. The van der Waals surface area contributed by atoms with Crippen LogP contribution in [0.15, 0.2) is 42.7 Å². The Labute approximate surface area is 227 Å². The zero-order valence-corrected chi connectivity index (χ0v) is 22.7. The second-order valence-electron chi connectivity index (χ2n) is 10.2. The average molecular weight is 543 g/mol. The Balaban J connectivity index is 1.66. The highest BCUT2D eigenvalue weighted by molar-refractivity contribution is 6.38. The summed E-state index contributed by atoms with van der Waals surface area (Å²) in [6.45, 7) is 7.96. The summed E-state index contributed by atoms with van der Waals surface area (Å²) < 4.78 is 7.10. The number of ether oxygens (including phenoxy) is 1. The van der Waals surface area contributed by atoms with Crippen LogP contribution in [0.3, 0.4) is 0 Å². The topological polar surface area (TPSA) is 164 Å². The van der Waals surface area contributed by atoms with E-state index in [2.05, 4.69) is 26.3 Å². The highest BCUT2D eigenvalue weighted by Crippen LogP contribution is 2.12. The van der Waals surface area contributed by atoms with Crippen LogP contribution in [0.1, 0.15) is 39.1 Å². The zero-order chi connectivity index (χ0) is 28.5. The Bertz CT molecular complexity index is 1130. The van der Waals surface area contributed by atoms with Gasteiger partial charge in [-0.05, 0) is 17.4 Å². The van der Waals surface area contributed by atoms with E-state index in [9.17, 15) is 24.3 Å². The minimum atomic E-state index is -1.31. The normalized spacial score (nSPS) is 18.2. The molecule has 5 N–H and O–H groups in total. The second kappa shape index (κ2) is 13.9. The molecule has 12 nitrogen and oxygen atoms in total. The highest BCUT2D eigenvalue weighted by atomic mass is 16.5. The maximum absolute atomic E-state index is 13.3. The standard InChI is InChI=1S/C27H38N6O6/c1-16(2)21(24(35)30-19-14-20-28-10-12-33(20)13-11-29-26(37)23(19)34)31-25(36)22(17(3)4)32-27(38)39-15-18-8-6-5-7-9-18/h5-10,12,16-17,19,21-22,25,31,36H,11,13-15H2,1-4H3,(H,29,37)(H,30,35)(H,32,38). The third-order valence-corrected chi connectivity index (χ3v) is 6.54. The van der Waals surface area contributed by atoms with Crippen LogP contribution in [0.2, 0.25) is 0 Å². The van der Waals surface area contributed by atoms with Gasteiger partial charge in [0.15, 0.2) is 0 Å². The quantitative estimate of drug-likeness (QED) is 0.214. The number of nitrogens with zero attached hydrogens (tertiary/aromatic N) is 2. The number of Topliss-reactive ketones (excluding diaryl/α,β-unsaturated/α-hetero) is 1. The van der Waals surface area contributed by atoms with Crippen molar-refractivity contribution < 1.29 is 29.0 Å². The molecule has 0 saturated carbocycles. The maximum atomic E-state index is 13.3. The van der Waals surface area contributed by atoms with Crippen molar-refractivity contribution >= 4 is 23.7 Å². The van der Waals surface area contributed by atoms with Crippen LogP contribution in [0.4, 0.5) is 4.79 Å². The fourth-order valence-corrected chi connectivity index (χ4v) is 4.29. The lowest BCUT2D eigenvalue weighted by Crippen LogP contribution is -2.61. The molecule has 2 heterocycles. The van der Waals surface area contributed by atoms with Gasteiger partial charge in [-0.25, -0.2) is 9.78 Å². The van der Waals surface area contributed by atoms with Gasteiger partial charge in [0.25, 0.3) is 5.91 Å². The van der Waals surface area contributed by atoms with E-state index in [0.29, 0.717) is 12.4 Å². The molecule has 0 radical (unpaired) electrons. The molecule has 1 aromatic carbocycles. The Morgan fingerprint density at radius 2 is 1.87 bits per heavy atom. The van der Waals surface area contributed by atoms with Crippen LogP contribution in [0.25, 0.3) is 0 Å². The summed E-state index contributed by atoms with van der Waals surface area (Å²) in [6.07, 6.45) is 1.37. The summed E-state index contributed by atoms with van der Waals surface area (Å²) >= 11 is 0. The fraction of sp³-hybridized carbons (Fsp3) is 0.519. The molecular weight excluding hydrogens is 504 g/mol. The number of carbonyl (C=O) groups is 4. The summed E-state index contributed by atoms with van der Waals surface area (Å²) in [7, 11) is 0. The number of fused-ring (bicyclic) bond motifs is 1. The molecule has 1 aromatic heterocycles. The number of aromatic nitrogens is 2. The molecule has 0 spiro atoms. The van der Waals surface area contributed by atoms with Crippen molar-refractivity contribution in [2.24, 2.45) is 11.8 Å². The number of imidazole rings is 1. The molecule has 0 saturated heterocycles. The van der Waals surface area contributed by atoms with E-state index < -0.39 is 48.0 Å². The number of aliphatic hydroxyl groups excluding tert-OH is 1. The molecule has 4 atom stereocenters. The van der Waals surface area contributed by atoms with Crippen molar-refractivity contribution in [2.75, 3.05) is 6.54 Å². The molecule has 2 aromatic rings. The third kappa shape index (κ3) is 8.36. The Morgan fingerprint density at radius 3 is 2.54 bits per heavy atom. The smallest absolute Gasteiger partial charge is 0.407 e. The molecule has 3 amide bonds. The number of nitrogens with one attached hydrogen (secondary N) is 4. The van der Waals surface area contributed by atoms with Gasteiger partial charge in [-0.2, -0.15) is 0 Å². The molecule has 4 unspecified atom stereocenters. The molecule has 1 aliphatic rings. The summed E-state index contributed by atoms with van der Waals surface area (Å²) in [5, 5.41) is 21.8. The number of carbonyl (C=O) groups excluding carboxylic acids is 4. The second-order valence-corrected chi connectivity index (χ2v) is 10.2. The van der Waals surface area contributed by atoms with E-state index in [4.69, 9.17) is 4.74 Å². The maximum Gasteiger partial charge on any atom is 0.407 e. The van der Waals surface area contributed by atoms with Gasteiger partial charge in [0.05, 0.1) is 12.1 Å². The van der Waals surface area contributed by atoms with E-state index in [0.717, 1.165) is 5.56 Å². The lowest BCUT2D eigenvalue weighted by molar-refractivity contribution is -0.140. The van der Waals surface area contributed by atoms with Gasteiger partial charge in [-0.1, -0.05) is 58.0 Å². The Hall–Kier alpha value is -3.77. The molecule has 3 rings (SSSR count). The number of alkyl carbamates (subject to hydrolysis) is 1. The predicted molar refractivity (Wildman–Crippen MR) is 142 cm³/mol. The van der Waals surface area contributed by atoms with Crippen molar-refractivity contribution in [3.63, 3.8) is 0 Å². The van der Waals surface area contributed by atoms with E-state index in [1.165, 1.54) is 0 Å². The number of rotatable bonds is 10. The van der Waals surface area contributed by atoms with Crippen LogP contribution < -0.4 is 21.3 Å². The fourth-order valence-electron chi connectivity index (χ4n) is 4.29. The number of ketones is 1. The van der Waals surface area contributed by atoms with E-state index in [-0.39, 0.29) is 31.4 Å². The van der Waals surface area contributed by atoms with Crippen LogP contribution in [-0.4, -0.2) is 69.2 Å². The van der Waals surface area contributed by atoms with Gasteiger partial charge in [0.2, 0.25) is 11.7 Å². The molecule has 1 aliphatic heterocycles. The predicted octanol–water partition coefficient (Wildman–Crippen LogP) is 0.493. The van der Waals surface area contributed by atoms with Crippen molar-refractivity contribution in [1.82, 2.24) is 30.8 Å². The minimum Gasteiger partial charge on any atom is -0.445 e. The minimum absolute atomic E-state index is 0.0434. The first-order valence-electron chi connectivity index (χ1n) is 13.1. The van der Waals surface area contributed by atoms with E-state index in [1.54, 1.807) is 26.2 Å². The van der Waals surface area contributed by atoms with Gasteiger partial charge in [-0.3, -0.25) is 19.7 Å². The largest absolute Gasteiger partial charge is 0.445 e. The zero-order valence-electron chi connectivity index (χ0n) is 22.7. The van der Waals surface area contributed by atoms with Gasteiger partial charge >= 0.3 is 6.09 Å². The molecule has 212 valence electrons. The van der Waals surface area contributed by atoms with Gasteiger partial charge < -0.3 is 30.4 Å². The van der Waals surface area contributed by atoms with Crippen LogP contribution in [-0.2, 0) is 38.7 Å². The number of benzene rings is 1. The van der Waals surface area contributed by atoms with Crippen molar-refractivity contribution in [2.45, 2.75) is 71.6 Å². The van der Waals surface area contributed by atoms with Crippen LogP contribution in [0, 0.1) is 11.8 Å². The van der Waals surface area contributed by atoms with Crippen molar-refractivity contribution in [3.05, 3.63) is 54.1 Å². The monoisotopic (exact) mass is 542 g/mol. The van der Waals surface area contributed by atoms with Crippen LogP contribution >= 0.6 is 0 Å². The van der Waals surface area contributed by atoms with E-state index in [1.807, 2.05) is 48.7 Å². The lowest BCUT2D eigenvalue weighted by atomic mass is 9.98.